The molecule has 1 aromatic carbocycles. The van der Waals surface area contributed by atoms with Gasteiger partial charge < -0.3 is 20.7 Å². The topological polar surface area (TPSA) is 65.1 Å². The Morgan fingerprint density at radius 3 is 2.95 bits per heavy atom. The Kier molecular flexibility index (Phi) is 4.73. The molecule has 0 radical (unpaired) electrons. The summed E-state index contributed by atoms with van der Waals surface area (Å²) in [5.74, 6) is 0.0391. The largest absolute Gasteiger partial charge is 0.409 e. The standard InChI is InChI=1S/C14H21ClN4O/c1-18-8-4-5-10(18)9-19(2)12-7-3-6-11(15)13(12)14(16)17-20/h3,6-7,10,20H,4-5,8-9H2,1-2H3,(H2,16,17). The van der Waals surface area contributed by atoms with Gasteiger partial charge in [0.05, 0.1) is 10.6 Å². The van der Waals surface area contributed by atoms with Crippen LogP contribution in [0.25, 0.3) is 0 Å². The maximum Gasteiger partial charge on any atom is 0.173 e. The first-order valence-corrected chi connectivity index (χ1v) is 7.10. The average molecular weight is 297 g/mol. The molecule has 0 amide bonds. The number of halogens is 1. The first-order valence-electron chi connectivity index (χ1n) is 6.72. The van der Waals surface area contributed by atoms with Gasteiger partial charge >= 0.3 is 0 Å². The van der Waals surface area contributed by atoms with Crippen molar-refractivity contribution in [1.29, 1.82) is 0 Å². The summed E-state index contributed by atoms with van der Waals surface area (Å²) in [6.07, 6.45) is 2.43. The highest BCUT2D eigenvalue weighted by molar-refractivity contribution is 6.34. The van der Waals surface area contributed by atoms with Crippen LogP contribution in [0.15, 0.2) is 23.4 Å². The van der Waals surface area contributed by atoms with Crippen molar-refractivity contribution in [2.75, 3.05) is 32.1 Å². The lowest BCUT2D eigenvalue weighted by Crippen LogP contribution is -2.37. The van der Waals surface area contributed by atoms with Gasteiger partial charge in [-0.1, -0.05) is 22.8 Å². The van der Waals surface area contributed by atoms with E-state index in [0.717, 1.165) is 18.8 Å². The zero-order valence-electron chi connectivity index (χ0n) is 11.9. The van der Waals surface area contributed by atoms with E-state index in [0.29, 0.717) is 16.6 Å². The third-order valence-corrected chi connectivity index (χ3v) is 4.24. The minimum Gasteiger partial charge on any atom is -0.409 e. The number of nitrogens with two attached hydrogens (primary N) is 1. The van der Waals surface area contributed by atoms with E-state index in [9.17, 15) is 0 Å². The van der Waals surface area contributed by atoms with Crippen molar-refractivity contribution in [1.82, 2.24) is 4.90 Å². The maximum absolute atomic E-state index is 8.92. The fourth-order valence-corrected chi connectivity index (χ4v) is 3.03. The van der Waals surface area contributed by atoms with Crippen molar-refractivity contribution in [3.05, 3.63) is 28.8 Å². The number of hydrogen-bond acceptors (Lipinski definition) is 4. The predicted molar refractivity (Wildman–Crippen MR) is 82.9 cm³/mol. The summed E-state index contributed by atoms with van der Waals surface area (Å²) >= 11 is 6.18. The van der Waals surface area contributed by atoms with Crippen molar-refractivity contribution in [2.24, 2.45) is 10.9 Å². The number of benzene rings is 1. The van der Waals surface area contributed by atoms with Crippen LogP contribution in [-0.4, -0.2) is 49.2 Å². The third kappa shape index (κ3) is 2.99. The smallest absolute Gasteiger partial charge is 0.173 e. The van der Waals surface area contributed by atoms with Crippen molar-refractivity contribution in [3.8, 4) is 0 Å². The molecule has 1 aliphatic rings. The van der Waals surface area contributed by atoms with Gasteiger partial charge in [-0.2, -0.15) is 0 Å². The molecular formula is C14H21ClN4O. The number of hydrogen-bond donors (Lipinski definition) is 2. The van der Waals surface area contributed by atoms with Crippen LogP contribution in [0.3, 0.4) is 0 Å². The van der Waals surface area contributed by atoms with Crippen molar-refractivity contribution in [2.45, 2.75) is 18.9 Å². The molecule has 1 heterocycles. The molecule has 1 atom stereocenters. The lowest BCUT2D eigenvalue weighted by molar-refractivity contribution is 0.314. The molecule has 1 unspecified atom stereocenters. The number of anilines is 1. The molecule has 110 valence electrons. The molecule has 1 saturated heterocycles. The molecule has 0 saturated carbocycles. The normalized spacial score (nSPS) is 20.4. The molecule has 5 nitrogen and oxygen atoms in total. The summed E-state index contributed by atoms with van der Waals surface area (Å²) in [5.41, 5.74) is 7.21. The number of likely N-dealkylation sites (N-methyl/N-ethyl adjacent to an activating group) is 2. The van der Waals surface area contributed by atoms with E-state index in [1.54, 1.807) is 6.07 Å². The molecule has 6 heteroatoms. The Hall–Kier alpha value is -1.46. The Balaban J connectivity index is 2.25. The van der Waals surface area contributed by atoms with E-state index in [-0.39, 0.29) is 5.84 Å². The van der Waals surface area contributed by atoms with Crippen LogP contribution in [0.2, 0.25) is 5.02 Å². The monoisotopic (exact) mass is 296 g/mol. The molecule has 1 aromatic rings. The first kappa shape index (κ1) is 14.9. The number of amidine groups is 1. The highest BCUT2D eigenvalue weighted by atomic mass is 35.5. The molecule has 1 fully saturated rings. The van der Waals surface area contributed by atoms with Crippen LogP contribution >= 0.6 is 11.6 Å². The van der Waals surface area contributed by atoms with Crippen LogP contribution in [0.1, 0.15) is 18.4 Å². The molecule has 0 aromatic heterocycles. The fraction of sp³-hybridized carbons (Fsp3) is 0.500. The quantitative estimate of drug-likeness (QED) is 0.386. The van der Waals surface area contributed by atoms with Gasteiger partial charge in [-0.25, -0.2) is 0 Å². The van der Waals surface area contributed by atoms with Gasteiger partial charge in [0.1, 0.15) is 0 Å². The summed E-state index contributed by atoms with van der Waals surface area (Å²) in [6.45, 7) is 2.03. The van der Waals surface area contributed by atoms with Crippen LogP contribution in [-0.2, 0) is 0 Å². The lowest BCUT2D eigenvalue weighted by atomic mass is 10.1. The second-order valence-corrected chi connectivity index (χ2v) is 5.68. The first-order chi connectivity index (χ1) is 9.54. The minimum absolute atomic E-state index is 0.0391. The molecule has 3 N–H and O–H groups in total. The maximum atomic E-state index is 8.92. The summed E-state index contributed by atoms with van der Waals surface area (Å²) < 4.78 is 0. The molecule has 20 heavy (non-hydrogen) atoms. The summed E-state index contributed by atoms with van der Waals surface area (Å²) in [6, 6.07) is 6.09. The van der Waals surface area contributed by atoms with Crippen LogP contribution in [0.5, 0.6) is 0 Å². The van der Waals surface area contributed by atoms with Crippen molar-refractivity contribution < 1.29 is 5.21 Å². The van der Waals surface area contributed by atoms with E-state index >= 15 is 0 Å². The van der Waals surface area contributed by atoms with Crippen LogP contribution in [0, 0.1) is 0 Å². The van der Waals surface area contributed by atoms with E-state index in [2.05, 4.69) is 22.0 Å². The van der Waals surface area contributed by atoms with Crippen LogP contribution in [0.4, 0.5) is 5.69 Å². The predicted octanol–water partition coefficient (Wildman–Crippen LogP) is 1.96. The fourth-order valence-electron chi connectivity index (χ4n) is 2.76. The highest BCUT2D eigenvalue weighted by Gasteiger charge is 2.24. The minimum atomic E-state index is 0.0391. The summed E-state index contributed by atoms with van der Waals surface area (Å²) in [7, 11) is 4.15. The van der Waals surface area contributed by atoms with Gasteiger partial charge in [-0.05, 0) is 38.6 Å². The summed E-state index contributed by atoms with van der Waals surface area (Å²) in [5, 5.41) is 12.5. The van der Waals surface area contributed by atoms with Crippen molar-refractivity contribution >= 4 is 23.1 Å². The molecule has 2 rings (SSSR count). The third-order valence-electron chi connectivity index (χ3n) is 3.92. The van der Waals surface area contributed by atoms with Gasteiger partial charge in [0.2, 0.25) is 0 Å². The van der Waals surface area contributed by atoms with Gasteiger partial charge in [-0.3, -0.25) is 0 Å². The lowest BCUT2D eigenvalue weighted by Gasteiger charge is -2.28. The second kappa shape index (κ2) is 6.33. The SMILES string of the molecule is CN(CC1CCCN1C)c1cccc(Cl)c1C(N)=NO. The van der Waals surface area contributed by atoms with Gasteiger partial charge in [-0.15, -0.1) is 0 Å². The van der Waals surface area contributed by atoms with Gasteiger partial charge in [0, 0.05) is 25.3 Å². The number of likely N-dealkylation sites (tertiary alicyclic amines) is 1. The van der Waals surface area contributed by atoms with Crippen molar-refractivity contribution in [3.63, 3.8) is 0 Å². The van der Waals surface area contributed by atoms with E-state index < -0.39 is 0 Å². The zero-order chi connectivity index (χ0) is 14.7. The average Bonchev–Trinajstić information content (AvgIpc) is 2.83. The Labute approximate surface area is 124 Å². The number of oxime groups is 1. The number of rotatable bonds is 4. The van der Waals surface area contributed by atoms with E-state index in [1.807, 2.05) is 19.2 Å². The molecular weight excluding hydrogens is 276 g/mol. The highest BCUT2D eigenvalue weighted by Crippen LogP contribution is 2.28. The zero-order valence-corrected chi connectivity index (χ0v) is 12.6. The molecule has 0 aliphatic carbocycles. The Morgan fingerprint density at radius 2 is 2.35 bits per heavy atom. The second-order valence-electron chi connectivity index (χ2n) is 5.28. The Morgan fingerprint density at radius 1 is 1.60 bits per heavy atom. The van der Waals surface area contributed by atoms with E-state index in [4.69, 9.17) is 22.5 Å². The molecule has 0 spiro atoms. The van der Waals surface area contributed by atoms with Gasteiger partial charge in [0.15, 0.2) is 5.84 Å². The van der Waals surface area contributed by atoms with E-state index in [1.165, 1.54) is 12.8 Å². The summed E-state index contributed by atoms with van der Waals surface area (Å²) in [4.78, 5) is 4.48. The van der Waals surface area contributed by atoms with Crippen LogP contribution < -0.4 is 10.6 Å². The molecule has 1 aliphatic heterocycles. The Bertz CT molecular complexity index is 506. The van der Waals surface area contributed by atoms with Gasteiger partial charge in [0.25, 0.3) is 0 Å². The number of nitrogens with zero attached hydrogens (tertiary/aromatic N) is 3. The molecule has 0 bridgehead atoms.